The number of rotatable bonds is 2. The van der Waals surface area contributed by atoms with E-state index >= 15 is 0 Å². The number of aromatic amines is 1. The summed E-state index contributed by atoms with van der Waals surface area (Å²) in [6.45, 7) is 4.67. The molecule has 0 amide bonds. The predicted octanol–water partition coefficient (Wildman–Crippen LogP) is 3.41. The SMILES string of the molecule is CC1CCC(Nc2nc3ccccc3[nH]2)C1C. The van der Waals surface area contributed by atoms with E-state index in [1.54, 1.807) is 0 Å². The van der Waals surface area contributed by atoms with Crippen molar-refractivity contribution in [2.45, 2.75) is 32.7 Å². The van der Waals surface area contributed by atoms with Crippen LogP contribution in [0, 0.1) is 11.8 Å². The Balaban J connectivity index is 1.81. The Labute approximate surface area is 102 Å². The van der Waals surface area contributed by atoms with Crippen LogP contribution < -0.4 is 5.32 Å². The van der Waals surface area contributed by atoms with E-state index in [-0.39, 0.29) is 0 Å². The maximum Gasteiger partial charge on any atom is 0.201 e. The fourth-order valence-corrected chi connectivity index (χ4v) is 2.77. The zero-order valence-electron chi connectivity index (χ0n) is 10.4. The van der Waals surface area contributed by atoms with Crippen LogP contribution in [0.15, 0.2) is 24.3 Å². The predicted molar refractivity (Wildman–Crippen MR) is 71.1 cm³/mol. The zero-order valence-corrected chi connectivity index (χ0v) is 10.4. The molecule has 0 radical (unpaired) electrons. The molecule has 0 saturated heterocycles. The number of nitrogens with one attached hydrogen (secondary N) is 2. The lowest BCUT2D eigenvalue weighted by molar-refractivity contribution is 0.434. The van der Waals surface area contributed by atoms with Crippen molar-refractivity contribution in [3.63, 3.8) is 0 Å². The Kier molecular flexibility index (Phi) is 2.54. The Morgan fingerprint density at radius 1 is 1.24 bits per heavy atom. The molecule has 1 aromatic carbocycles. The number of hydrogen-bond acceptors (Lipinski definition) is 2. The van der Waals surface area contributed by atoms with E-state index < -0.39 is 0 Å². The molecule has 3 nitrogen and oxygen atoms in total. The molecule has 3 heteroatoms. The smallest absolute Gasteiger partial charge is 0.201 e. The second-order valence-corrected chi connectivity index (χ2v) is 5.27. The lowest BCUT2D eigenvalue weighted by atomic mass is 9.98. The minimum absolute atomic E-state index is 0.561. The van der Waals surface area contributed by atoms with E-state index in [4.69, 9.17) is 0 Å². The van der Waals surface area contributed by atoms with Crippen LogP contribution in [-0.2, 0) is 0 Å². The van der Waals surface area contributed by atoms with Crippen molar-refractivity contribution in [1.82, 2.24) is 9.97 Å². The molecule has 2 aromatic rings. The van der Waals surface area contributed by atoms with E-state index in [1.807, 2.05) is 18.2 Å². The summed E-state index contributed by atoms with van der Waals surface area (Å²) >= 11 is 0. The average molecular weight is 229 g/mol. The van der Waals surface area contributed by atoms with Gasteiger partial charge < -0.3 is 10.3 Å². The molecule has 1 fully saturated rings. The molecule has 1 heterocycles. The molecule has 3 atom stereocenters. The lowest BCUT2D eigenvalue weighted by Crippen LogP contribution is -2.24. The fourth-order valence-electron chi connectivity index (χ4n) is 2.77. The van der Waals surface area contributed by atoms with Gasteiger partial charge in [0.05, 0.1) is 11.0 Å². The number of imidazole rings is 1. The summed E-state index contributed by atoms with van der Waals surface area (Å²) in [5.41, 5.74) is 2.14. The molecule has 1 saturated carbocycles. The first kappa shape index (κ1) is 10.6. The number of anilines is 1. The number of aromatic nitrogens is 2. The van der Waals surface area contributed by atoms with Gasteiger partial charge in [0, 0.05) is 6.04 Å². The molecule has 1 aliphatic rings. The van der Waals surface area contributed by atoms with Crippen molar-refractivity contribution < 1.29 is 0 Å². The molecule has 3 unspecified atom stereocenters. The Bertz CT molecular complexity index is 484. The van der Waals surface area contributed by atoms with Gasteiger partial charge in [-0.15, -0.1) is 0 Å². The molecule has 1 aromatic heterocycles. The first-order valence-corrected chi connectivity index (χ1v) is 6.45. The Morgan fingerprint density at radius 3 is 2.76 bits per heavy atom. The molecular weight excluding hydrogens is 210 g/mol. The third-order valence-electron chi connectivity index (χ3n) is 4.18. The van der Waals surface area contributed by atoms with E-state index in [2.05, 4.69) is 35.2 Å². The van der Waals surface area contributed by atoms with Crippen LogP contribution in [0.1, 0.15) is 26.7 Å². The normalized spacial score (nSPS) is 28.7. The topological polar surface area (TPSA) is 40.7 Å². The van der Waals surface area contributed by atoms with E-state index in [0.717, 1.165) is 28.8 Å². The summed E-state index contributed by atoms with van der Waals surface area (Å²) in [4.78, 5) is 7.90. The van der Waals surface area contributed by atoms with Crippen LogP contribution in [0.2, 0.25) is 0 Å². The highest BCUT2D eigenvalue weighted by molar-refractivity contribution is 5.77. The van der Waals surface area contributed by atoms with Gasteiger partial charge in [-0.2, -0.15) is 0 Å². The van der Waals surface area contributed by atoms with E-state index in [9.17, 15) is 0 Å². The highest BCUT2D eigenvalue weighted by atomic mass is 15.1. The van der Waals surface area contributed by atoms with Crippen LogP contribution in [0.4, 0.5) is 5.95 Å². The summed E-state index contributed by atoms with van der Waals surface area (Å²) in [5, 5.41) is 3.54. The quantitative estimate of drug-likeness (QED) is 0.828. The molecule has 0 aliphatic heterocycles. The van der Waals surface area contributed by atoms with Gasteiger partial charge in [0.25, 0.3) is 0 Å². The minimum Gasteiger partial charge on any atom is -0.353 e. The van der Waals surface area contributed by atoms with Crippen molar-refractivity contribution in [3.05, 3.63) is 24.3 Å². The highest BCUT2D eigenvalue weighted by Crippen LogP contribution is 2.32. The van der Waals surface area contributed by atoms with Crippen LogP contribution in [0.25, 0.3) is 11.0 Å². The van der Waals surface area contributed by atoms with E-state index in [0.29, 0.717) is 6.04 Å². The first-order chi connectivity index (χ1) is 8.24. The zero-order chi connectivity index (χ0) is 11.8. The maximum atomic E-state index is 4.57. The summed E-state index contributed by atoms with van der Waals surface area (Å²) in [5.74, 6) is 2.46. The van der Waals surface area contributed by atoms with Gasteiger partial charge in [0.2, 0.25) is 5.95 Å². The monoisotopic (exact) mass is 229 g/mol. The summed E-state index contributed by atoms with van der Waals surface area (Å²) < 4.78 is 0. The molecule has 0 bridgehead atoms. The third kappa shape index (κ3) is 1.90. The van der Waals surface area contributed by atoms with Crippen LogP contribution >= 0.6 is 0 Å². The highest BCUT2D eigenvalue weighted by Gasteiger charge is 2.29. The number of fused-ring (bicyclic) bond motifs is 1. The van der Waals surface area contributed by atoms with Crippen LogP contribution in [-0.4, -0.2) is 16.0 Å². The van der Waals surface area contributed by atoms with Crippen LogP contribution in [0.5, 0.6) is 0 Å². The van der Waals surface area contributed by atoms with Gasteiger partial charge in [-0.25, -0.2) is 4.98 Å². The van der Waals surface area contributed by atoms with E-state index in [1.165, 1.54) is 12.8 Å². The molecule has 3 rings (SSSR count). The number of H-pyrrole nitrogens is 1. The molecule has 17 heavy (non-hydrogen) atoms. The van der Waals surface area contributed by atoms with Gasteiger partial charge in [-0.05, 0) is 36.8 Å². The number of para-hydroxylation sites is 2. The Hall–Kier alpha value is -1.51. The fraction of sp³-hybridized carbons (Fsp3) is 0.500. The standard InChI is InChI=1S/C14H19N3/c1-9-7-8-11(10(9)2)15-14-16-12-5-3-4-6-13(12)17-14/h3-6,9-11H,7-8H2,1-2H3,(H2,15,16,17). The molecular formula is C14H19N3. The average Bonchev–Trinajstić information content (AvgIpc) is 2.87. The van der Waals surface area contributed by atoms with Gasteiger partial charge in [0.15, 0.2) is 0 Å². The van der Waals surface area contributed by atoms with Crippen molar-refractivity contribution in [3.8, 4) is 0 Å². The Morgan fingerprint density at radius 2 is 2.06 bits per heavy atom. The summed E-state index contributed by atoms with van der Waals surface area (Å²) in [6.07, 6.45) is 2.57. The second-order valence-electron chi connectivity index (χ2n) is 5.27. The van der Waals surface area contributed by atoms with Crippen molar-refractivity contribution in [2.24, 2.45) is 11.8 Å². The van der Waals surface area contributed by atoms with Gasteiger partial charge in [0.1, 0.15) is 0 Å². The summed E-state index contributed by atoms with van der Waals surface area (Å²) in [7, 11) is 0. The number of benzene rings is 1. The largest absolute Gasteiger partial charge is 0.353 e. The first-order valence-electron chi connectivity index (χ1n) is 6.45. The van der Waals surface area contributed by atoms with Crippen molar-refractivity contribution in [2.75, 3.05) is 5.32 Å². The molecule has 1 aliphatic carbocycles. The van der Waals surface area contributed by atoms with Crippen molar-refractivity contribution >= 4 is 17.0 Å². The van der Waals surface area contributed by atoms with Crippen molar-refractivity contribution in [1.29, 1.82) is 0 Å². The molecule has 90 valence electrons. The number of nitrogens with zero attached hydrogens (tertiary/aromatic N) is 1. The minimum atomic E-state index is 0.561. The lowest BCUT2D eigenvalue weighted by Gasteiger charge is -2.18. The third-order valence-corrected chi connectivity index (χ3v) is 4.18. The number of hydrogen-bond donors (Lipinski definition) is 2. The van der Waals surface area contributed by atoms with Gasteiger partial charge in [-0.1, -0.05) is 26.0 Å². The molecule has 2 N–H and O–H groups in total. The summed E-state index contributed by atoms with van der Waals surface area (Å²) in [6, 6.07) is 8.72. The van der Waals surface area contributed by atoms with Gasteiger partial charge in [-0.3, -0.25) is 0 Å². The van der Waals surface area contributed by atoms with Crippen LogP contribution in [0.3, 0.4) is 0 Å². The van der Waals surface area contributed by atoms with Gasteiger partial charge >= 0.3 is 0 Å². The maximum absolute atomic E-state index is 4.57. The second kappa shape index (κ2) is 4.06. The molecule has 0 spiro atoms.